The second kappa shape index (κ2) is 11.0. The van der Waals surface area contributed by atoms with E-state index in [-0.39, 0.29) is 0 Å². The van der Waals surface area contributed by atoms with E-state index in [4.69, 9.17) is 0 Å². The van der Waals surface area contributed by atoms with Crippen molar-refractivity contribution in [3.8, 4) is 0 Å². The van der Waals surface area contributed by atoms with Crippen LogP contribution in [0.1, 0.15) is 52.2 Å². The fourth-order valence-electron chi connectivity index (χ4n) is 1.84. The van der Waals surface area contributed by atoms with Gasteiger partial charge in [0.2, 0.25) is 0 Å². The van der Waals surface area contributed by atoms with E-state index in [9.17, 15) is 0 Å². The summed E-state index contributed by atoms with van der Waals surface area (Å²) in [5, 5.41) is 2.55. The van der Waals surface area contributed by atoms with Crippen LogP contribution in [0.15, 0.2) is 49.1 Å². The molecule has 0 radical (unpaired) electrons. The molecular formula is C20H28. The number of hydrogen-bond acceptors (Lipinski definition) is 0. The fraction of sp³-hybridized carbons (Fsp3) is 0.300. The normalized spacial score (nSPS) is 9.45. The molecule has 20 heavy (non-hydrogen) atoms. The Kier molecular flexibility index (Phi) is 10.0. The summed E-state index contributed by atoms with van der Waals surface area (Å²) in [4.78, 5) is 0. The zero-order valence-corrected chi connectivity index (χ0v) is 13.6. The van der Waals surface area contributed by atoms with Crippen LogP contribution in [0.2, 0.25) is 0 Å². The topological polar surface area (TPSA) is 0 Å². The summed E-state index contributed by atoms with van der Waals surface area (Å²) in [6, 6.07) is 12.8. The van der Waals surface area contributed by atoms with Gasteiger partial charge in [-0.3, -0.25) is 0 Å². The molecule has 0 N–H and O–H groups in total. The fourth-order valence-corrected chi connectivity index (χ4v) is 1.84. The molecular weight excluding hydrogens is 240 g/mol. The van der Waals surface area contributed by atoms with Crippen LogP contribution in [0.5, 0.6) is 0 Å². The van der Waals surface area contributed by atoms with E-state index >= 15 is 0 Å². The molecule has 2 aromatic rings. The van der Waals surface area contributed by atoms with Gasteiger partial charge in [-0.05, 0) is 40.5 Å². The van der Waals surface area contributed by atoms with Gasteiger partial charge in [0, 0.05) is 0 Å². The van der Waals surface area contributed by atoms with Gasteiger partial charge in [-0.25, -0.2) is 0 Å². The predicted molar refractivity (Wildman–Crippen MR) is 96.1 cm³/mol. The number of allylic oxidation sites excluding steroid dienone is 1. The van der Waals surface area contributed by atoms with Gasteiger partial charge in [0.05, 0.1) is 0 Å². The molecule has 0 fully saturated rings. The molecule has 0 heterocycles. The highest BCUT2D eigenvalue weighted by atomic mass is 14.0. The molecule has 2 rings (SSSR count). The number of rotatable bonds is 3. The van der Waals surface area contributed by atoms with Crippen molar-refractivity contribution in [2.24, 2.45) is 0 Å². The summed E-state index contributed by atoms with van der Waals surface area (Å²) in [7, 11) is 0. The number of hydrogen-bond donors (Lipinski definition) is 0. The number of benzene rings is 2. The molecule has 0 saturated heterocycles. The van der Waals surface area contributed by atoms with Gasteiger partial charge < -0.3 is 0 Å². The highest BCUT2D eigenvalue weighted by Gasteiger charge is 1.99. The van der Waals surface area contributed by atoms with Gasteiger partial charge in [-0.1, -0.05) is 83.7 Å². The molecule has 0 heteroatoms. The van der Waals surface area contributed by atoms with Gasteiger partial charge in [0.1, 0.15) is 0 Å². The minimum atomic E-state index is 1.06. The molecule has 108 valence electrons. The summed E-state index contributed by atoms with van der Waals surface area (Å²) in [5.41, 5.74) is 2.44. The first kappa shape index (κ1) is 18.2. The molecule has 0 bridgehead atoms. The molecule has 0 saturated carbocycles. The van der Waals surface area contributed by atoms with Crippen LogP contribution in [-0.4, -0.2) is 0 Å². The Bertz CT molecular complexity index is 533. The third-order valence-electron chi connectivity index (χ3n) is 2.70. The van der Waals surface area contributed by atoms with Crippen molar-refractivity contribution in [3.63, 3.8) is 0 Å². The first-order valence-electron chi connectivity index (χ1n) is 7.67. The van der Waals surface area contributed by atoms with Crippen molar-refractivity contribution in [2.45, 2.75) is 41.0 Å². The van der Waals surface area contributed by atoms with E-state index in [0.717, 1.165) is 6.42 Å². The minimum Gasteiger partial charge on any atom is -0.0984 e. The summed E-state index contributed by atoms with van der Waals surface area (Å²) in [5.74, 6) is 0. The van der Waals surface area contributed by atoms with E-state index < -0.39 is 0 Å². The molecule has 0 aromatic heterocycles. The van der Waals surface area contributed by atoms with Crippen LogP contribution >= 0.6 is 0 Å². The molecule has 0 aliphatic rings. The van der Waals surface area contributed by atoms with Crippen LogP contribution in [0, 0.1) is 0 Å². The van der Waals surface area contributed by atoms with Gasteiger partial charge >= 0.3 is 0 Å². The van der Waals surface area contributed by atoms with E-state index in [1.165, 1.54) is 21.9 Å². The largest absolute Gasteiger partial charge is 0.0984 e. The van der Waals surface area contributed by atoms with Crippen molar-refractivity contribution in [3.05, 3.63) is 60.2 Å². The number of fused-ring (bicyclic) bond motifs is 1. The molecule has 0 atom stereocenters. The van der Waals surface area contributed by atoms with Gasteiger partial charge in [0.15, 0.2) is 0 Å². The third-order valence-corrected chi connectivity index (χ3v) is 2.70. The second-order valence-electron chi connectivity index (χ2n) is 3.84. The molecule has 0 unspecified atom stereocenters. The molecule has 0 amide bonds. The van der Waals surface area contributed by atoms with Gasteiger partial charge in [-0.15, -0.1) is 0 Å². The Morgan fingerprint density at radius 1 is 0.900 bits per heavy atom. The summed E-state index contributed by atoms with van der Waals surface area (Å²) >= 11 is 0. The van der Waals surface area contributed by atoms with E-state index in [2.05, 4.69) is 62.1 Å². The average molecular weight is 268 g/mol. The molecule has 0 aliphatic heterocycles. The van der Waals surface area contributed by atoms with Crippen molar-refractivity contribution in [1.29, 1.82) is 0 Å². The maximum absolute atomic E-state index is 3.87. The lowest BCUT2D eigenvalue weighted by Crippen LogP contribution is -1.82. The van der Waals surface area contributed by atoms with E-state index in [0.29, 0.717) is 0 Å². The minimum absolute atomic E-state index is 1.06. The Morgan fingerprint density at radius 3 is 1.85 bits per heavy atom. The second-order valence-corrected chi connectivity index (χ2v) is 3.84. The standard InChI is InChI=1S/C16H16.2C2H6/c1-3-5-8-14-12-16-10-7-6-9-15(16)11-13(14)4-2;2*1-2/h4-12H,2-3H2,1H3;2*1-2H3/b8-5-;;. The van der Waals surface area contributed by atoms with Crippen LogP contribution in [0.3, 0.4) is 0 Å². The highest BCUT2D eigenvalue weighted by molar-refractivity contribution is 5.88. The average Bonchev–Trinajstić information content (AvgIpc) is 2.55. The lowest BCUT2D eigenvalue weighted by atomic mass is 10.0. The van der Waals surface area contributed by atoms with Crippen molar-refractivity contribution < 1.29 is 0 Å². The van der Waals surface area contributed by atoms with Crippen LogP contribution in [-0.2, 0) is 0 Å². The van der Waals surface area contributed by atoms with E-state index in [1.807, 2.05) is 33.8 Å². The molecule has 0 spiro atoms. The quantitative estimate of drug-likeness (QED) is 0.564. The van der Waals surface area contributed by atoms with Crippen molar-refractivity contribution in [1.82, 2.24) is 0 Å². The highest BCUT2D eigenvalue weighted by Crippen LogP contribution is 2.22. The Hall–Kier alpha value is -1.82. The smallest absolute Gasteiger partial charge is 0.0178 e. The SMILES string of the molecule is C=Cc1cc2ccccc2cc1/C=C\CC.CC.CC. The molecule has 0 nitrogen and oxygen atoms in total. The summed E-state index contributed by atoms with van der Waals surface area (Å²) in [6.45, 7) is 14.0. The van der Waals surface area contributed by atoms with Crippen molar-refractivity contribution in [2.75, 3.05) is 0 Å². The Morgan fingerprint density at radius 2 is 1.40 bits per heavy atom. The Balaban J connectivity index is 0.000000829. The third kappa shape index (κ3) is 5.05. The maximum Gasteiger partial charge on any atom is -0.0178 e. The monoisotopic (exact) mass is 268 g/mol. The van der Waals surface area contributed by atoms with Crippen LogP contribution in [0.4, 0.5) is 0 Å². The van der Waals surface area contributed by atoms with Crippen molar-refractivity contribution >= 4 is 22.9 Å². The van der Waals surface area contributed by atoms with Crippen LogP contribution in [0.25, 0.3) is 22.9 Å². The molecule has 0 aliphatic carbocycles. The summed E-state index contributed by atoms with van der Waals surface area (Å²) in [6.07, 6.45) is 7.33. The zero-order chi connectivity index (χ0) is 15.4. The maximum atomic E-state index is 3.87. The first-order valence-corrected chi connectivity index (χ1v) is 7.67. The predicted octanol–water partition coefficient (Wildman–Crippen LogP) is 6.96. The zero-order valence-electron chi connectivity index (χ0n) is 13.6. The first-order chi connectivity index (χ1) is 9.85. The van der Waals surface area contributed by atoms with Gasteiger partial charge in [-0.2, -0.15) is 0 Å². The van der Waals surface area contributed by atoms with Gasteiger partial charge in [0.25, 0.3) is 0 Å². The lowest BCUT2D eigenvalue weighted by molar-refractivity contribution is 1.23. The lowest BCUT2D eigenvalue weighted by Gasteiger charge is -2.04. The van der Waals surface area contributed by atoms with Crippen LogP contribution < -0.4 is 0 Å². The molecule has 2 aromatic carbocycles. The summed E-state index contributed by atoms with van der Waals surface area (Å²) < 4.78 is 0. The van der Waals surface area contributed by atoms with E-state index in [1.54, 1.807) is 0 Å². The Labute approximate surface area is 124 Å².